The van der Waals surface area contributed by atoms with Crippen LogP contribution in [0.25, 0.3) is 0 Å². The fourth-order valence-electron chi connectivity index (χ4n) is 1.41. The highest BCUT2D eigenvalue weighted by molar-refractivity contribution is 5.30. The predicted molar refractivity (Wildman–Crippen MR) is 43.0 cm³/mol. The Morgan fingerprint density at radius 3 is 3.00 bits per heavy atom. The molecule has 0 aliphatic carbocycles. The van der Waals surface area contributed by atoms with Gasteiger partial charge in [-0.15, -0.1) is 0 Å². The molecule has 1 aliphatic heterocycles. The number of ether oxygens (including phenoxy) is 1. The van der Waals surface area contributed by atoms with Crippen LogP contribution in [-0.2, 0) is 11.3 Å². The highest BCUT2D eigenvalue weighted by atomic mass is 16.5. The number of fused-ring (bicyclic) bond motifs is 1. The highest BCUT2D eigenvalue weighted by Crippen LogP contribution is 2.21. The Kier molecular flexibility index (Phi) is 1.64. The smallest absolute Gasteiger partial charge is 0.0721 e. The monoisotopic (exact) mass is 149 g/mol. The van der Waals surface area contributed by atoms with Gasteiger partial charge >= 0.3 is 0 Å². The summed E-state index contributed by atoms with van der Waals surface area (Å²) in [5, 5.41) is 0. The zero-order valence-electron chi connectivity index (χ0n) is 6.29. The van der Waals surface area contributed by atoms with Crippen LogP contribution >= 0.6 is 0 Å². The summed E-state index contributed by atoms with van der Waals surface area (Å²) in [6, 6.07) is 8.24. The molecule has 0 saturated carbocycles. The number of hydrogen-bond acceptors (Lipinski definition) is 2. The van der Waals surface area contributed by atoms with Crippen LogP contribution in [0.3, 0.4) is 0 Å². The van der Waals surface area contributed by atoms with Crippen LogP contribution in [0.5, 0.6) is 0 Å². The van der Waals surface area contributed by atoms with Gasteiger partial charge < -0.3 is 10.5 Å². The van der Waals surface area contributed by atoms with Gasteiger partial charge in [-0.1, -0.05) is 24.3 Å². The van der Waals surface area contributed by atoms with Crippen LogP contribution in [0.1, 0.15) is 17.2 Å². The van der Waals surface area contributed by atoms with Crippen molar-refractivity contribution in [3.05, 3.63) is 35.4 Å². The number of hydrogen-bond donors (Lipinski definition) is 1. The van der Waals surface area contributed by atoms with E-state index in [2.05, 4.69) is 12.1 Å². The maximum absolute atomic E-state index is 5.82. The number of rotatable bonds is 0. The van der Waals surface area contributed by atoms with Crippen LogP contribution in [0.15, 0.2) is 24.3 Å². The standard InChI is InChI=1S/C9H11NO/c10-9-6-11-5-7-3-1-2-4-8(7)9/h1-4,9H,5-6,10H2/t9-/m0/s1. The molecule has 1 aromatic rings. The van der Waals surface area contributed by atoms with E-state index in [1.54, 1.807) is 0 Å². The zero-order valence-corrected chi connectivity index (χ0v) is 6.29. The van der Waals surface area contributed by atoms with Gasteiger partial charge in [-0.25, -0.2) is 0 Å². The van der Waals surface area contributed by atoms with Gasteiger partial charge in [-0.3, -0.25) is 0 Å². The Bertz CT molecular complexity index is 259. The molecule has 0 fully saturated rings. The van der Waals surface area contributed by atoms with Crippen molar-refractivity contribution in [1.29, 1.82) is 0 Å². The van der Waals surface area contributed by atoms with Gasteiger partial charge in [-0.05, 0) is 11.1 Å². The zero-order chi connectivity index (χ0) is 7.68. The van der Waals surface area contributed by atoms with E-state index in [0.29, 0.717) is 13.2 Å². The van der Waals surface area contributed by atoms with Gasteiger partial charge in [0.1, 0.15) is 0 Å². The molecule has 1 atom stereocenters. The second kappa shape index (κ2) is 2.64. The Morgan fingerprint density at radius 1 is 1.36 bits per heavy atom. The highest BCUT2D eigenvalue weighted by Gasteiger charge is 2.15. The van der Waals surface area contributed by atoms with Gasteiger partial charge in [0.05, 0.1) is 19.3 Å². The molecular weight excluding hydrogens is 138 g/mol. The molecule has 2 nitrogen and oxygen atoms in total. The summed E-state index contributed by atoms with van der Waals surface area (Å²) < 4.78 is 5.28. The van der Waals surface area contributed by atoms with E-state index in [0.717, 1.165) is 0 Å². The van der Waals surface area contributed by atoms with E-state index in [1.807, 2.05) is 12.1 Å². The van der Waals surface area contributed by atoms with E-state index >= 15 is 0 Å². The fourth-order valence-corrected chi connectivity index (χ4v) is 1.41. The van der Waals surface area contributed by atoms with E-state index in [9.17, 15) is 0 Å². The summed E-state index contributed by atoms with van der Waals surface area (Å²) >= 11 is 0. The summed E-state index contributed by atoms with van der Waals surface area (Å²) in [6.07, 6.45) is 0. The summed E-state index contributed by atoms with van der Waals surface area (Å²) in [7, 11) is 0. The van der Waals surface area contributed by atoms with Gasteiger partial charge in [0.15, 0.2) is 0 Å². The summed E-state index contributed by atoms with van der Waals surface area (Å²) in [5.74, 6) is 0. The molecule has 0 spiro atoms. The van der Waals surface area contributed by atoms with Crippen molar-refractivity contribution < 1.29 is 4.74 Å². The Balaban J connectivity index is 2.44. The first-order chi connectivity index (χ1) is 5.38. The van der Waals surface area contributed by atoms with Gasteiger partial charge in [0.25, 0.3) is 0 Å². The minimum atomic E-state index is 0.0694. The first-order valence-electron chi connectivity index (χ1n) is 3.79. The van der Waals surface area contributed by atoms with Gasteiger partial charge in [-0.2, -0.15) is 0 Å². The molecule has 0 bridgehead atoms. The molecule has 11 heavy (non-hydrogen) atoms. The van der Waals surface area contributed by atoms with E-state index in [-0.39, 0.29) is 6.04 Å². The topological polar surface area (TPSA) is 35.2 Å². The Labute approximate surface area is 66.0 Å². The third kappa shape index (κ3) is 1.15. The lowest BCUT2D eigenvalue weighted by Gasteiger charge is -2.21. The lowest BCUT2D eigenvalue weighted by molar-refractivity contribution is 0.0924. The Morgan fingerprint density at radius 2 is 2.18 bits per heavy atom. The lowest BCUT2D eigenvalue weighted by atomic mass is 10.0. The molecule has 0 amide bonds. The molecule has 0 unspecified atom stereocenters. The minimum Gasteiger partial charge on any atom is -0.375 e. The third-order valence-corrected chi connectivity index (χ3v) is 2.01. The van der Waals surface area contributed by atoms with Crippen LogP contribution in [0.2, 0.25) is 0 Å². The quantitative estimate of drug-likeness (QED) is 0.602. The summed E-state index contributed by atoms with van der Waals surface area (Å²) in [6.45, 7) is 1.36. The van der Waals surface area contributed by atoms with Gasteiger partial charge in [0.2, 0.25) is 0 Å². The first kappa shape index (κ1) is 6.83. The molecule has 0 saturated heterocycles. The second-order valence-corrected chi connectivity index (χ2v) is 2.82. The maximum Gasteiger partial charge on any atom is 0.0721 e. The van der Waals surface area contributed by atoms with Crippen molar-refractivity contribution in [2.45, 2.75) is 12.6 Å². The maximum atomic E-state index is 5.82. The molecular formula is C9H11NO. The van der Waals surface area contributed by atoms with Crippen molar-refractivity contribution >= 4 is 0 Å². The van der Waals surface area contributed by atoms with Crippen molar-refractivity contribution in [2.24, 2.45) is 5.73 Å². The largest absolute Gasteiger partial charge is 0.375 e. The molecule has 58 valence electrons. The lowest BCUT2D eigenvalue weighted by Crippen LogP contribution is -2.23. The summed E-state index contributed by atoms with van der Waals surface area (Å²) in [4.78, 5) is 0. The molecule has 0 aromatic heterocycles. The van der Waals surface area contributed by atoms with Crippen molar-refractivity contribution in [1.82, 2.24) is 0 Å². The van der Waals surface area contributed by atoms with Crippen molar-refractivity contribution in [2.75, 3.05) is 6.61 Å². The Hall–Kier alpha value is -0.860. The number of benzene rings is 1. The van der Waals surface area contributed by atoms with E-state index in [1.165, 1.54) is 11.1 Å². The van der Waals surface area contributed by atoms with Crippen LogP contribution in [-0.4, -0.2) is 6.61 Å². The summed E-state index contributed by atoms with van der Waals surface area (Å²) in [5.41, 5.74) is 8.28. The fraction of sp³-hybridized carbons (Fsp3) is 0.333. The van der Waals surface area contributed by atoms with Gasteiger partial charge in [0, 0.05) is 0 Å². The SMILES string of the molecule is N[C@H]1COCc2ccccc21. The molecule has 2 rings (SSSR count). The van der Waals surface area contributed by atoms with Crippen molar-refractivity contribution in [3.63, 3.8) is 0 Å². The molecule has 1 aliphatic rings. The average Bonchev–Trinajstić information content (AvgIpc) is 2.06. The molecule has 2 N–H and O–H groups in total. The van der Waals surface area contributed by atoms with Crippen molar-refractivity contribution in [3.8, 4) is 0 Å². The number of nitrogens with two attached hydrogens (primary N) is 1. The normalized spacial score (nSPS) is 22.8. The minimum absolute atomic E-state index is 0.0694. The molecule has 1 heterocycles. The average molecular weight is 149 g/mol. The first-order valence-corrected chi connectivity index (χ1v) is 3.79. The van der Waals surface area contributed by atoms with Crippen LogP contribution in [0.4, 0.5) is 0 Å². The molecule has 1 aromatic carbocycles. The van der Waals surface area contributed by atoms with Crippen LogP contribution in [0, 0.1) is 0 Å². The molecule has 0 radical (unpaired) electrons. The molecule has 2 heteroatoms. The van der Waals surface area contributed by atoms with Crippen LogP contribution < -0.4 is 5.73 Å². The predicted octanol–water partition coefficient (Wildman–Crippen LogP) is 1.22. The van der Waals surface area contributed by atoms with E-state index < -0.39 is 0 Å². The second-order valence-electron chi connectivity index (χ2n) is 2.82. The third-order valence-electron chi connectivity index (χ3n) is 2.01. The van der Waals surface area contributed by atoms with E-state index in [4.69, 9.17) is 10.5 Å².